The van der Waals surface area contributed by atoms with E-state index >= 15 is 0 Å². The minimum absolute atomic E-state index is 0.238. The third-order valence-electron chi connectivity index (χ3n) is 3.54. The van der Waals surface area contributed by atoms with Crippen molar-refractivity contribution in [1.29, 1.82) is 0 Å². The normalized spacial score (nSPS) is 11.2. The summed E-state index contributed by atoms with van der Waals surface area (Å²) in [5.74, 6) is -0.345. The van der Waals surface area contributed by atoms with Crippen LogP contribution in [0.5, 0.6) is 5.75 Å². The van der Waals surface area contributed by atoms with Crippen LogP contribution in [0, 0.1) is 6.92 Å². The van der Waals surface area contributed by atoms with E-state index in [9.17, 15) is 9.90 Å². The summed E-state index contributed by atoms with van der Waals surface area (Å²) in [4.78, 5) is 11.6. The molecule has 0 radical (unpaired) electrons. The third-order valence-corrected chi connectivity index (χ3v) is 3.89. The Labute approximate surface area is 126 Å². The first kappa shape index (κ1) is 13.8. The number of carbonyl (C=O) groups is 1. The molecule has 1 aromatic heterocycles. The first-order valence-electron chi connectivity index (χ1n) is 6.65. The average molecular weight is 304 g/mol. The Morgan fingerprint density at radius 2 is 2.10 bits per heavy atom. The highest BCUT2D eigenvalue weighted by Gasteiger charge is 2.22. The van der Waals surface area contributed by atoms with Crippen LogP contribution in [0.3, 0.4) is 0 Å². The lowest BCUT2D eigenvalue weighted by Crippen LogP contribution is -2.02. The van der Waals surface area contributed by atoms with Crippen molar-refractivity contribution < 1.29 is 14.6 Å². The van der Waals surface area contributed by atoms with Crippen molar-refractivity contribution in [2.75, 3.05) is 6.61 Å². The molecule has 2 aromatic carbocycles. The standard InChI is InChI=1S/C16H14ClNO3/c1-3-21-15-9(2)8-11(16(19)20)13-10-6-4-5-7-12(10)18(17)14(13)15/h4-8H,3H2,1-2H3,(H,19,20). The molecule has 0 spiro atoms. The number of para-hydroxylation sites is 1. The Balaban J connectivity index is 2.60. The zero-order valence-corrected chi connectivity index (χ0v) is 12.4. The number of halogens is 1. The second kappa shape index (κ2) is 4.97. The summed E-state index contributed by atoms with van der Waals surface area (Å²) in [5, 5.41) is 10.9. The minimum Gasteiger partial charge on any atom is -0.491 e. The highest BCUT2D eigenvalue weighted by atomic mass is 35.5. The molecule has 0 saturated carbocycles. The third kappa shape index (κ3) is 1.94. The van der Waals surface area contributed by atoms with Crippen LogP contribution in [0.2, 0.25) is 0 Å². The topological polar surface area (TPSA) is 51.5 Å². The zero-order valence-electron chi connectivity index (χ0n) is 11.7. The van der Waals surface area contributed by atoms with Crippen molar-refractivity contribution in [1.82, 2.24) is 4.09 Å². The van der Waals surface area contributed by atoms with E-state index in [1.165, 1.54) is 4.09 Å². The van der Waals surface area contributed by atoms with Gasteiger partial charge >= 0.3 is 5.97 Å². The molecular formula is C16H14ClNO3. The molecule has 3 aromatic rings. The summed E-state index contributed by atoms with van der Waals surface area (Å²) in [6.07, 6.45) is 0. The number of nitrogens with zero attached hydrogens (tertiary/aromatic N) is 1. The highest BCUT2D eigenvalue weighted by molar-refractivity contribution is 6.29. The number of ether oxygens (including phenoxy) is 1. The molecule has 0 amide bonds. The molecule has 108 valence electrons. The van der Waals surface area contributed by atoms with Crippen molar-refractivity contribution in [3.05, 3.63) is 41.5 Å². The van der Waals surface area contributed by atoms with Crippen LogP contribution in [-0.2, 0) is 0 Å². The monoisotopic (exact) mass is 303 g/mol. The predicted octanol–water partition coefficient (Wildman–Crippen LogP) is 4.20. The van der Waals surface area contributed by atoms with Crippen LogP contribution in [0.15, 0.2) is 30.3 Å². The number of hydrogen-bond acceptors (Lipinski definition) is 2. The number of carboxylic acid groups (broad SMARTS) is 1. The van der Waals surface area contributed by atoms with Gasteiger partial charge in [0.05, 0.1) is 17.7 Å². The highest BCUT2D eigenvalue weighted by Crippen LogP contribution is 2.40. The Morgan fingerprint density at radius 3 is 2.76 bits per heavy atom. The maximum atomic E-state index is 11.6. The van der Waals surface area contributed by atoms with Crippen molar-refractivity contribution >= 4 is 39.6 Å². The smallest absolute Gasteiger partial charge is 0.336 e. The van der Waals surface area contributed by atoms with Gasteiger partial charge in [0.2, 0.25) is 0 Å². The van der Waals surface area contributed by atoms with E-state index in [1.807, 2.05) is 38.1 Å². The van der Waals surface area contributed by atoms with Gasteiger partial charge in [-0.05, 0) is 31.5 Å². The van der Waals surface area contributed by atoms with Crippen LogP contribution in [-0.4, -0.2) is 21.8 Å². The molecule has 0 bridgehead atoms. The van der Waals surface area contributed by atoms with Gasteiger partial charge in [0.1, 0.15) is 11.3 Å². The fraction of sp³-hybridized carbons (Fsp3) is 0.188. The maximum absolute atomic E-state index is 11.6. The second-order valence-electron chi connectivity index (χ2n) is 4.83. The number of aromatic nitrogens is 1. The van der Waals surface area contributed by atoms with Crippen molar-refractivity contribution in [3.8, 4) is 5.75 Å². The first-order chi connectivity index (χ1) is 10.1. The Bertz CT molecular complexity index is 867. The number of hydrogen-bond donors (Lipinski definition) is 1. The van der Waals surface area contributed by atoms with E-state index in [0.29, 0.717) is 23.3 Å². The van der Waals surface area contributed by atoms with E-state index in [-0.39, 0.29) is 5.56 Å². The summed E-state index contributed by atoms with van der Waals surface area (Å²) in [6.45, 7) is 4.20. The fourth-order valence-corrected chi connectivity index (χ4v) is 3.02. The van der Waals surface area contributed by atoms with Crippen molar-refractivity contribution in [2.24, 2.45) is 0 Å². The van der Waals surface area contributed by atoms with Gasteiger partial charge in [0.15, 0.2) is 0 Å². The molecule has 21 heavy (non-hydrogen) atoms. The van der Waals surface area contributed by atoms with E-state index in [1.54, 1.807) is 6.07 Å². The van der Waals surface area contributed by atoms with Gasteiger partial charge in [-0.25, -0.2) is 8.88 Å². The second-order valence-corrected chi connectivity index (χ2v) is 5.17. The molecule has 0 fully saturated rings. The molecule has 5 heteroatoms. The summed E-state index contributed by atoms with van der Waals surface area (Å²) < 4.78 is 7.18. The molecule has 1 N–H and O–H groups in total. The van der Waals surface area contributed by atoms with Gasteiger partial charge in [-0.2, -0.15) is 0 Å². The van der Waals surface area contributed by atoms with E-state index in [4.69, 9.17) is 16.5 Å². The number of aromatic carboxylic acids is 1. The number of fused-ring (bicyclic) bond motifs is 3. The molecule has 0 aliphatic rings. The van der Waals surface area contributed by atoms with Gasteiger partial charge in [0, 0.05) is 22.5 Å². The van der Waals surface area contributed by atoms with Gasteiger partial charge in [0.25, 0.3) is 0 Å². The van der Waals surface area contributed by atoms with Crippen LogP contribution in [0.1, 0.15) is 22.8 Å². The van der Waals surface area contributed by atoms with Gasteiger partial charge in [-0.1, -0.05) is 18.2 Å². The first-order valence-corrected chi connectivity index (χ1v) is 6.99. The van der Waals surface area contributed by atoms with Crippen LogP contribution < -0.4 is 4.74 Å². The Kier molecular flexibility index (Phi) is 3.26. The van der Waals surface area contributed by atoms with E-state index < -0.39 is 5.97 Å². The van der Waals surface area contributed by atoms with Gasteiger partial charge in [-0.15, -0.1) is 0 Å². The minimum atomic E-state index is -0.973. The largest absolute Gasteiger partial charge is 0.491 e. The molecule has 0 unspecified atom stereocenters. The molecular weight excluding hydrogens is 290 g/mol. The van der Waals surface area contributed by atoms with Crippen LogP contribution in [0.25, 0.3) is 21.8 Å². The lowest BCUT2D eigenvalue weighted by atomic mass is 10.0. The van der Waals surface area contributed by atoms with Gasteiger partial charge < -0.3 is 9.84 Å². The number of benzene rings is 2. The fourth-order valence-electron chi connectivity index (χ4n) is 2.71. The lowest BCUT2D eigenvalue weighted by Gasteiger charge is -2.11. The maximum Gasteiger partial charge on any atom is 0.336 e. The molecule has 4 nitrogen and oxygen atoms in total. The van der Waals surface area contributed by atoms with Crippen LogP contribution in [0.4, 0.5) is 0 Å². The van der Waals surface area contributed by atoms with Crippen LogP contribution >= 0.6 is 11.8 Å². The number of rotatable bonds is 3. The molecule has 0 saturated heterocycles. The zero-order chi connectivity index (χ0) is 15.1. The lowest BCUT2D eigenvalue weighted by molar-refractivity contribution is 0.0699. The average Bonchev–Trinajstić information content (AvgIpc) is 2.76. The van der Waals surface area contributed by atoms with Crippen molar-refractivity contribution in [2.45, 2.75) is 13.8 Å². The summed E-state index contributed by atoms with van der Waals surface area (Å²) in [7, 11) is 0. The summed E-state index contributed by atoms with van der Waals surface area (Å²) in [6, 6.07) is 9.10. The summed E-state index contributed by atoms with van der Waals surface area (Å²) in [5.41, 5.74) is 2.37. The Morgan fingerprint density at radius 1 is 1.38 bits per heavy atom. The molecule has 0 atom stereocenters. The molecule has 1 heterocycles. The number of aryl methyl sites for hydroxylation is 1. The quantitative estimate of drug-likeness (QED) is 0.789. The molecule has 3 rings (SSSR count). The van der Waals surface area contributed by atoms with Gasteiger partial charge in [-0.3, -0.25) is 0 Å². The molecule has 0 aliphatic heterocycles. The number of carboxylic acids is 1. The SMILES string of the molecule is CCOc1c(C)cc(C(=O)O)c2c3ccccc3n(Cl)c12. The van der Waals surface area contributed by atoms with E-state index in [0.717, 1.165) is 16.5 Å². The Hall–Kier alpha value is -2.20. The predicted molar refractivity (Wildman–Crippen MR) is 83.6 cm³/mol. The molecule has 0 aliphatic carbocycles. The van der Waals surface area contributed by atoms with E-state index in [2.05, 4.69) is 0 Å². The summed E-state index contributed by atoms with van der Waals surface area (Å²) >= 11 is 6.42. The van der Waals surface area contributed by atoms with Crippen molar-refractivity contribution in [3.63, 3.8) is 0 Å².